The van der Waals surface area contributed by atoms with Crippen molar-refractivity contribution < 1.29 is 9.84 Å². The highest BCUT2D eigenvalue weighted by atomic mass is 16.5. The molecule has 2 aromatic rings. The molecule has 1 atom stereocenters. The van der Waals surface area contributed by atoms with Gasteiger partial charge in [-0.15, -0.1) is 0 Å². The summed E-state index contributed by atoms with van der Waals surface area (Å²) in [4.78, 5) is 8.99. The first-order valence-electron chi connectivity index (χ1n) is 9.52. The second-order valence-corrected chi connectivity index (χ2v) is 6.83. The zero-order valence-corrected chi connectivity index (χ0v) is 15.6. The molecule has 2 heterocycles. The first-order chi connectivity index (χ1) is 12.7. The summed E-state index contributed by atoms with van der Waals surface area (Å²) in [7, 11) is 0. The molecule has 5 heteroatoms. The molecule has 0 amide bonds. The van der Waals surface area contributed by atoms with Crippen molar-refractivity contribution in [2.45, 2.75) is 25.9 Å². The summed E-state index contributed by atoms with van der Waals surface area (Å²) in [5, 5.41) is 10.3. The maximum atomic E-state index is 10.3. The second-order valence-electron chi connectivity index (χ2n) is 6.83. The number of piperazine rings is 1. The number of hydrogen-bond acceptors (Lipinski definition) is 5. The van der Waals surface area contributed by atoms with Crippen LogP contribution in [0, 0.1) is 0 Å². The summed E-state index contributed by atoms with van der Waals surface area (Å²) in [5.74, 6) is 1.85. The Morgan fingerprint density at radius 3 is 2.50 bits per heavy atom. The van der Waals surface area contributed by atoms with Gasteiger partial charge in [0.15, 0.2) is 0 Å². The Hall–Kier alpha value is -2.11. The standard InChI is InChI=1S/C21H29N3O2/c1-2-5-18-7-9-20(10-8-18)26-17-19(25)16-23-12-14-24(15-13-23)21-6-3-4-11-22-21/h3-4,6-11,19,25H,2,5,12-17H2,1H3. The lowest BCUT2D eigenvalue weighted by Crippen LogP contribution is -2.49. The molecule has 140 valence electrons. The van der Waals surface area contributed by atoms with Crippen LogP contribution in [0.3, 0.4) is 0 Å². The Morgan fingerprint density at radius 2 is 1.85 bits per heavy atom. The van der Waals surface area contributed by atoms with Gasteiger partial charge in [-0.05, 0) is 36.2 Å². The van der Waals surface area contributed by atoms with Crippen LogP contribution in [-0.4, -0.2) is 60.4 Å². The molecule has 0 radical (unpaired) electrons. The number of anilines is 1. The smallest absolute Gasteiger partial charge is 0.128 e. The van der Waals surface area contributed by atoms with Gasteiger partial charge >= 0.3 is 0 Å². The third-order valence-electron chi connectivity index (χ3n) is 4.72. The van der Waals surface area contributed by atoms with Crippen LogP contribution in [0.5, 0.6) is 5.75 Å². The summed E-state index contributed by atoms with van der Waals surface area (Å²) in [5.41, 5.74) is 1.33. The Balaban J connectivity index is 1.38. The van der Waals surface area contributed by atoms with E-state index in [2.05, 4.69) is 33.8 Å². The van der Waals surface area contributed by atoms with Gasteiger partial charge in [0.1, 0.15) is 24.3 Å². The van der Waals surface area contributed by atoms with E-state index < -0.39 is 6.10 Å². The fourth-order valence-electron chi connectivity index (χ4n) is 3.28. The quantitative estimate of drug-likeness (QED) is 0.789. The summed E-state index contributed by atoms with van der Waals surface area (Å²) in [6, 6.07) is 14.2. The van der Waals surface area contributed by atoms with Crippen LogP contribution >= 0.6 is 0 Å². The van der Waals surface area contributed by atoms with E-state index in [0.717, 1.165) is 50.6 Å². The van der Waals surface area contributed by atoms with E-state index in [1.165, 1.54) is 5.56 Å². The van der Waals surface area contributed by atoms with Gasteiger partial charge in [-0.1, -0.05) is 31.5 Å². The number of aliphatic hydroxyl groups is 1. The Bertz CT molecular complexity index is 640. The predicted octanol–water partition coefficient (Wildman–Crippen LogP) is 2.60. The highest BCUT2D eigenvalue weighted by molar-refractivity contribution is 5.38. The molecule has 1 aromatic carbocycles. The van der Waals surface area contributed by atoms with Gasteiger partial charge in [0.25, 0.3) is 0 Å². The number of benzene rings is 1. The highest BCUT2D eigenvalue weighted by Crippen LogP contribution is 2.15. The van der Waals surface area contributed by atoms with Crippen LogP contribution in [0.25, 0.3) is 0 Å². The molecule has 26 heavy (non-hydrogen) atoms. The number of rotatable bonds is 8. The molecule has 0 saturated carbocycles. The molecule has 1 saturated heterocycles. The lowest BCUT2D eigenvalue weighted by Gasteiger charge is -2.36. The second kappa shape index (κ2) is 9.55. The van der Waals surface area contributed by atoms with Gasteiger partial charge in [0, 0.05) is 38.9 Å². The summed E-state index contributed by atoms with van der Waals surface area (Å²) in [6.07, 6.45) is 3.59. The molecule has 1 fully saturated rings. The van der Waals surface area contributed by atoms with Crippen LogP contribution in [-0.2, 0) is 6.42 Å². The van der Waals surface area contributed by atoms with E-state index in [1.54, 1.807) is 0 Å². The maximum Gasteiger partial charge on any atom is 0.128 e. The minimum Gasteiger partial charge on any atom is -0.491 e. The molecule has 5 nitrogen and oxygen atoms in total. The third-order valence-corrected chi connectivity index (χ3v) is 4.72. The van der Waals surface area contributed by atoms with Crippen LogP contribution in [0.1, 0.15) is 18.9 Å². The molecule has 3 rings (SSSR count). The van der Waals surface area contributed by atoms with E-state index >= 15 is 0 Å². The van der Waals surface area contributed by atoms with Crippen LogP contribution < -0.4 is 9.64 Å². The minimum atomic E-state index is -0.480. The number of ether oxygens (including phenoxy) is 1. The van der Waals surface area contributed by atoms with E-state index in [4.69, 9.17) is 4.74 Å². The van der Waals surface area contributed by atoms with E-state index in [9.17, 15) is 5.11 Å². The summed E-state index contributed by atoms with van der Waals surface area (Å²) in [6.45, 7) is 6.88. The lowest BCUT2D eigenvalue weighted by molar-refractivity contribution is 0.0662. The molecule has 0 aliphatic carbocycles. The topological polar surface area (TPSA) is 48.8 Å². The first-order valence-corrected chi connectivity index (χ1v) is 9.52. The molecular formula is C21H29N3O2. The Labute approximate surface area is 156 Å². The van der Waals surface area contributed by atoms with E-state index in [1.807, 2.05) is 36.5 Å². The number of nitrogens with zero attached hydrogens (tertiary/aromatic N) is 3. The third kappa shape index (κ3) is 5.44. The van der Waals surface area contributed by atoms with Gasteiger partial charge in [0.05, 0.1) is 0 Å². The normalized spacial score (nSPS) is 16.5. The van der Waals surface area contributed by atoms with Crippen LogP contribution in [0.2, 0.25) is 0 Å². The summed E-state index contributed by atoms with van der Waals surface area (Å²) < 4.78 is 5.74. The van der Waals surface area contributed by atoms with Crippen LogP contribution in [0.15, 0.2) is 48.7 Å². The fourth-order valence-corrected chi connectivity index (χ4v) is 3.28. The van der Waals surface area contributed by atoms with Gasteiger partial charge < -0.3 is 14.7 Å². The predicted molar refractivity (Wildman–Crippen MR) is 105 cm³/mol. The molecular weight excluding hydrogens is 326 g/mol. The molecule has 1 N–H and O–H groups in total. The monoisotopic (exact) mass is 355 g/mol. The largest absolute Gasteiger partial charge is 0.491 e. The first kappa shape index (κ1) is 18.7. The van der Waals surface area contributed by atoms with Crippen molar-refractivity contribution in [3.8, 4) is 5.75 Å². The van der Waals surface area contributed by atoms with E-state index in [-0.39, 0.29) is 0 Å². The molecule has 1 unspecified atom stereocenters. The van der Waals surface area contributed by atoms with Gasteiger partial charge in [-0.2, -0.15) is 0 Å². The molecule has 1 aliphatic rings. The Kier molecular flexibility index (Phi) is 6.86. The van der Waals surface area contributed by atoms with Crippen molar-refractivity contribution in [2.24, 2.45) is 0 Å². The Morgan fingerprint density at radius 1 is 1.08 bits per heavy atom. The van der Waals surface area contributed by atoms with Gasteiger partial charge in [0.2, 0.25) is 0 Å². The molecule has 0 bridgehead atoms. The number of aliphatic hydroxyl groups excluding tert-OH is 1. The number of aromatic nitrogens is 1. The highest BCUT2D eigenvalue weighted by Gasteiger charge is 2.20. The fraction of sp³-hybridized carbons (Fsp3) is 0.476. The van der Waals surface area contributed by atoms with Crippen molar-refractivity contribution in [3.05, 3.63) is 54.2 Å². The van der Waals surface area contributed by atoms with Crippen molar-refractivity contribution >= 4 is 5.82 Å². The van der Waals surface area contributed by atoms with Gasteiger partial charge in [-0.25, -0.2) is 4.98 Å². The number of aryl methyl sites for hydroxylation is 1. The van der Waals surface area contributed by atoms with Crippen LogP contribution in [0.4, 0.5) is 5.82 Å². The van der Waals surface area contributed by atoms with E-state index in [0.29, 0.717) is 13.2 Å². The average Bonchev–Trinajstić information content (AvgIpc) is 2.69. The lowest BCUT2D eigenvalue weighted by atomic mass is 10.1. The summed E-state index contributed by atoms with van der Waals surface area (Å²) >= 11 is 0. The number of β-amino-alcohol motifs (C(OH)–C–C–N with tert-alkyl or cyclic N) is 1. The molecule has 0 spiro atoms. The molecule has 1 aromatic heterocycles. The van der Waals surface area contributed by atoms with Crippen molar-refractivity contribution in [3.63, 3.8) is 0 Å². The number of hydrogen-bond donors (Lipinski definition) is 1. The number of pyridine rings is 1. The van der Waals surface area contributed by atoms with Crippen molar-refractivity contribution in [1.29, 1.82) is 0 Å². The molecule has 1 aliphatic heterocycles. The SMILES string of the molecule is CCCc1ccc(OCC(O)CN2CCN(c3ccccn3)CC2)cc1. The van der Waals surface area contributed by atoms with Gasteiger partial charge in [-0.3, -0.25) is 4.90 Å². The minimum absolute atomic E-state index is 0.327. The zero-order valence-electron chi connectivity index (χ0n) is 15.6. The van der Waals surface area contributed by atoms with Crippen molar-refractivity contribution in [2.75, 3.05) is 44.2 Å². The average molecular weight is 355 g/mol. The maximum absolute atomic E-state index is 10.3. The van der Waals surface area contributed by atoms with Crippen molar-refractivity contribution in [1.82, 2.24) is 9.88 Å². The zero-order chi connectivity index (χ0) is 18.2.